The maximum Gasteiger partial charge on any atom is 0.343 e. The monoisotopic (exact) mass is 597 g/mol. The molecule has 1 aliphatic heterocycles. The number of carbonyl (C=O) groups excluding carboxylic acids is 1. The number of aromatic nitrogens is 6. The number of aliphatic hydroxyl groups excluding tert-OH is 1. The highest BCUT2D eigenvalue weighted by Crippen LogP contribution is 2.31. The quantitative estimate of drug-likeness (QED) is 0.0700. The Kier molecular flexibility index (Phi) is 8.68. The second-order valence-corrected chi connectivity index (χ2v) is 10.1. The number of imidazole rings is 1. The molecule has 0 aliphatic carbocycles. The van der Waals surface area contributed by atoms with Gasteiger partial charge >= 0.3 is 5.97 Å². The molecule has 5 aromatic rings. The smallest absolute Gasteiger partial charge is 0.343 e. The maximum atomic E-state index is 13.2. The minimum absolute atomic E-state index is 0.00481. The van der Waals surface area contributed by atoms with Gasteiger partial charge in [-0.15, -0.1) is 5.10 Å². The summed E-state index contributed by atoms with van der Waals surface area (Å²) in [5.41, 5.74) is 5.34. The number of H-pyrrole nitrogens is 1. The second-order valence-electron chi connectivity index (χ2n) is 10.1. The van der Waals surface area contributed by atoms with Gasteiger partial charge in [0.05, 0.1) is 42.4 Å². The summed E-state index contributed by atoms with van der Waals surface area (Å²) in [5.74, 6) is -0.0102. The van der Waals surface area contributed by atoms with E-state index in [0.717, 1.165) is 35.1 Å². The van der Waals surface area contributed by atoms with Crippen LogP contribution in [0.3, 0.4) is 0 Å². The van der Waals surface area contributed by atoms with Crippen molar-refractivity contribution in [2.24, 2.45) is 10.5 Å². The first-order valence-electron chi connectivity index (χ1n) is 14.3. The van der Waals surface area contributed by atoms with Gasteiger partial charge in [0.1, 0.15) is 0 Å². The third-order valence-corrected chi connectivity index (χ3v) is 7.37. The van der Waals surface area contributed by atoms with Crippen molar-refractivity contribution in [1.29, 1.82) is 0 Å². The molecule has 2 N–H and O–H groups in total. The normalized spacial score (nSPS) is 14.9. The molecule has 0 bridgehead atoms. The van der Waals surface area contributed by atoms with Crippen LogP contribution < -0.4 is 4.74 Å². The Morgan fingerprint density at radius 3 is 2.70 bits per heavy atom. The minimum atomic E-state index is -0.599. The predicted octanol–water partition coefficient (Wildman–Crippen LogP) is 4.20. The molecule has 2 aromatic heterocycles. The van der Waals surface area contributed by atoms with Crippen molar-refractivity contribution in [2.75, 3.05) is 26.6 Å². The molecule has 6 rings (SSSR count). The lowest BCUT2D eigenvalue weighted by Gasteiger charge is -2.16. The zero-order chi connectivity index (χ0) is 30.3. The van der Waals surface area contributed by atoms with E-state index in [1.165, 1.54) is 0 Å². The summed E-state index contributed by atoms with van der Waals surface area (Å²) >= 11 is 0. The third kappa shape index (κ3) is 6.06. The largest absolute Gasteiger partial charge is 0.465 e. The van der Waals surface area contributed by atoms with E-state index in [9.17, 15) is 9.90 Å². The summed E-state index contributed by atoms with van der Waals surface area (Å²) < 4.78 is 13.1. The number of ether oxygens (including phenoxy) is 2. The number of para-hydroxylation sites is 1. The SMILES string of the molecule is CCOc1nc2cccc(C(=O)OCO/N=N/N3CCC[C@H]3CO)c2n1Cc1ccc(-c2ccccc2-c2nnn[nH]2)cc1. The van der Waals surface area contributed by atoms with Crippen LogP contribution in [0.15, 0.2) is 77.2 Å². The molecule has 44 heavy (non-hydrogen) atoms. The number of nitrogens with zero attached hydrogens (tertiary/aromatic N) is 8. The Hall–Kier alpha value is -5.37. The van der Waals surface area contributed by atoms with E-state index in [0.29, 0.717) is 48.1 Å². The zero-order valence-electron chi connectivity index (χ0n) is 24.0. The molecule has 3 heterocycles. The summed E-state index contributed by atoms with van der Waals surface area (Å²) in [7, 11) is 0. The van der Waals surface area contributed by atoms with Gasteiger partial charge in [-0.2, -0.15) is 4.98 Å². The Morgan fingerprint density at radius 1 is 1.09 bits per heavy atom. The molecule has 0 unspecified atom stereocenters. The molecule has 14 heteroatoms. The number of benzene rings is 3. The predicted molar refractivity (Wildman–Crippen MR) is 158 cm³/mol. The first-order chi connectivity index (χ1) is 21.7. The van der Waals surface area contributed by atoms with Crippen LogP contribution in [0.4, 0.5) is 0 Å². The van der Waals surface area contributed by atoms with Gasteiger partial charge in [0.2, 0.25) is 0 Å². The maximum absolute atomic E-state index is 13.2. The Balaban J connectivity index is 1.21. The molecule has 0 radical (unpaired) electrons. The van der Waals surface area contributed by atoms with E-state index in [2.05, 4.69) is 36.1 Å². The van der Waals surface area contributed by atoms with Gasteiger partial charge in [-0.05, 0) is 64.2 Å². The first kappa shape index (κ1) is 28.7. The molecular weight excluding hydrogens is 566 g/mol. The average Bonchev–Trinajstić information content (AvgIpc) is 3.82. The molecule has 1 saturated heterocycles. The summed E-state index contributed by atoms with van der Waals surface area (Å²) in [4.78, 5) is 22.9. The number of esters is 1. The van der Waals surface area contributed by atoms with E-state index in [1.807, 2.05) is 66.1 Å². The number of aromatic amines is 1. The van der Waals surface area contributed by atoms with E-state index in [-0.39, 0.29) is 12.6 Å². The molecule has 0 saturated carbocycles. The molecule has 0 spiro atoms. The number of rotatable bonds is 12. The van der Waals surface area contributed by atoms with Gasteiger partial charge in [-0.3, -0.25) is 9.58 Å². The van der Waals surface area contributed by atoms with Gasteiger partial charge in [0.15, 0.2) is 5.82 Å². The highest BCUT2D eigenvalue weighted by atomic mass is 16.8. The van der Waals surface area contributed by atoms with Crippen LogP contribution in [-0.2, 0) is 16.1 Å². The molecule has 1 fully saturated rings. The lowest BCUT2D eigenvalue weighted by atomic mass is 9.98. The van der Waals surface area contributed by atoms with Gasteiger partial charge in [0.25, 0.3) is 12.8 Å². The van der Waals surface area contributed by atoms with Crippen LogP contribution in [-0.4, -0.2) is 78.9 Å². The zero-order valence-corrected chi connectivity index (χ0v) is 24.0. The standard InChI is InChI=1S/C30H31N9O5/c1-2-42-30-31-26-11-5-10-25(29(41)43-19-44-37-36-39-16-6-7-22(39)18-40)27(26)38(30)17-20-12-14-21(15-13-20)23-8-3-4-9-24(23)28-32-34-35-33-28/h3-5,8-15,22,40H,2,6-7,16-19H2,1H3,(H,32,33,34,35)/b37-36+/t22-/m0/s1. The van der Waals surface area contributed by atoms with Crippen LogP contribution in [0.1, 0.15) is 35.7 Å². The number of hydrogen-bond acceptors (Lipinski definition) is 11. The Bertz CT molecular complexity index is 1740. The summed E-state index contributed by atoms with van der Waals surface area (Å²) in [6.45, 7) is 2.94. The van der Waals surface area contributed by atoms with Crippen molar-refractivity contribution >= 4 is 17.0 Å². The number of carbonyl (C=O) groups is 1. The van der Waals surface area contributed by atoms with Crippen molar-refractivity contribution in [3.63, 3.8) is 0 Å². The third-order valence-electron chi connectivity index (χ3n) is 7.37. The molecule has 1 aliphatic rings. The second kappa shape index (κ2) is 13.3. The Morgan fingerprint density at radius 2 is 1.93 bits per heavy atom. The van der Waals surface area contributed by atoms with Crippen LogP contribution in [0.5, 0.6) is 6.01 Å². The molecule has 3 aromatic carbocycles. The van der Waals surface area contributed by atoms with E-state index in [1.54, 1.807) is 17.1 Å². The van der Waals surface area contributed by atoms with E-state index in [4.69, 9.17) is 14.3 Å². The number of hydrogen-bond donors (Lipinski definition) is 2. The van der Waals surface area contributed by atoms with Crippen LogP contribution >= 0.6 is 0 Å². The van der Waals surface area contributed by atoms with Crippen LogP contribution in [0.25, 0.3) is 33.5 Å². The van der Waals surface area contributed by atoms with Crippen molar-refractivity contribution < 1.29 is 24.2 Å². The van der Waals surface area contributed by atoms with E-state index < -0.39 is 12.8 Å². The molecular formula is C30H31N9O5. The van der Waals surface area contributed by atoms with Crippen LogP contribution in [0.2, 0.25) is 0 Å². The van der Waals surface area contributed by atoms with Crippen molar-refractivity contribution in [1.82, 2.24) is 35.2 Å². The Labute approximate surface area is 252 Å². The lowest BCUT2D eigenvalue weighted by Crippen LogP contribution is -2.26. The van der Waals surface area contributed by atoms with Crippen molar-refractivity contribution in [3.8, 4) is 28.5 Å². The number of aliphatic hydroxyl groups is 1. The molecule has 1 atom stereocenters. The van der Waals surface area contributed by atoms with Crippen molar-refractivity contribution in [3.05, 3.63) is 77.9 Å². The van der Waals surface area contributed by atoms with Gasteiger partial charge < -0.3 is 19.4 Å². The van der Waals surface area contributed by atoms with E-state index >= 15 is 0 Å². The first-order valence-corrected chi connectivity index (χ1v) is 14.3. The average molecular weight is 598 g/mol. The molecule has 0 amide bonds. The summed E-state index contributed by atoms with van der Waals surface area (Å²) in [5, 5.41) is 33.0. The summed E-state index contributed by atoms with van der Waals surface area (Å²) in [6, 6.07) is 21.6. The fraction of sp³-hybridized carbons (Fsp3) is 0.300. The topological polar surface area (TPSA) is 165 Å². The minimum Gasteiger partial charge on any atom is -0.465 e. The van der Waals surface area contributed by atoms with Gasteiger partial charge in [0, 0.05) is 17.4 Å². The van der Waals surface area contributed by atoms with Gasteiger partial charge in [-0.25, -0.2) is 9.89 Å². The van der Waals surface area contributed by atoms with Gasteiger partial charge in [-0.1, -0.05) is 54.6 Å². The molecule has 14 nitrogen and oxygen atoms in total. The fourth-order valence-electron chi connectivity index (χ4n) is 5.28. The number of fused-ring (bicyclic) bond motifs is 1. The van der Waals surface area contributed by atoms with Crippen LogP contribution in [0, 0.1) is 0 Å². The molecule has 226 valence electrons. The van der Waals surface area contributed by atoms with Crippen molar-refractivity contribution in [2.45, 2.75) is 32.4 Å². The lowest BCUT2D eigenvalue weighted by molar-refractivity contribution is -0.0441. The number of nitrogens with one attached hydrogen (secondary N) is 1. The highest BCUT2D eigenvalue weighted by molar-refractivity contribution is 6.02. The number of tetrazole rings is 1. The highest BCUT2D eigenvalue weighted by Gasteiger charge is 2.23. The summed E-state index contributed by atoms with van der Waals surface area (Å²) in [6.07, 6.45) is 1.76. The fourth-order valence-corrected chi connectivity index (χ4v) is 5.28.